The zero-order valence-electron chi connectivity index (χ0n) is 11.5. The Balaban J connectivity index is 1.82. The van der Waals surface area contributed by atoms with Crippen LogP contribution in [0.3, 0.4) is 0 Å². The van der Waals surface area contributed by atoms with Crippen molar-refractivity contribution in [2.45, 2.75) is 0 Å². The van der Waals surface area contributed by atoms with Gasteiger partial charge >= 0.3 is 0 Å². The molecule has 3 aromatic rings. The molecule has 3 rings (SSSR count). The van der Waals surface area contributed by atoms with Crippen LogP contribution in [0.1, 0.15) is 10.4 Å². The van der Waals surface area contributed by atoms with Gasteiger partial charge in [-0.2, -0.15) is 5.10 Å². The first kappa shape index (κ1) is 14.3. The summed E-state index contributed by atoms with van der Waals surface area (Å²) < 4.78 is 1.41. The van der Waals surface area contributed by atoms with E-state index in [9.17, 15) is 14.9 Å². The first-order valence-electron chi connectivity index (χ1n) is 6.36. The van der Waals surface area contributed by atoms with Crippen molar-refractivity contribution in [1.82, 2.24) is 24.7 Å². The topological polar surface area (TPSA) is 129 Å². The minimum absolute atomic E-state index is 0.153. The number of amides is 1. The number of nitro groups is 1. The third kappa shape index (κ3) is 3.15. The zero-order chi connectivity index (χ0) is 16.2. The molecule has 10 nitrogen and oxygen atoms in total. The molecule has 1 aromatic carbocycles. The molecule has 0 saturated heterocycles. The predicted molar refractivity (Wildman–Crippen MR) is 78.0 cm³/mol. The number of aromatic nitrogens is 5. The number of hydrogen-bond acceptors (Lipinski definition) is 7. The number of nitrogens with one attached hydrogen (secondary N) is 1. The summed E-state index contributed by atoms with van der Waals surface area (Å²) in [7, 11) is 0. The predicted octanol–water partition coefficient (Wildman–Crippen LogP) is 1.22. The number of benzene rings is 1. The molecule has 1 amide bonds. The Bertz CT molecular complexity index is 864. The van der Waals surface area contributed by atoms with Crippen molar-refractivity contribution < 1.29 is 9.72 Å². The van der Waals surface area contributed by atoms with Gasteiger partial charge in [0.25, 0.3) is 11.6 Å². The lowest BCUT2D eigenvalue weighted by atomic mass is 10.2. The zero-order valence-corrected chi connectivity index (χ0v) is 11.5. The van der Waals surface area contributed by atoms with Crippen LogP contribution in [0.2, 0.25) is 0 Å². The lowest BCUT2D eigenvalue weighted by Crippen LogP contribution is -2.14. The summed E-state index contributed by atoms with van der Waals surface area (Å²) in [6, 6.07) is 6.92. The minimum Gasteiger partial charge on any atom is -0.306 e. The first-order valence-corrected chi connectivity index (χ1v) is 6.36. The molecule has 2 heterocycles. The van der Waals surface area contributed by atoms with E-state index in [1.165, 1.54) is 54.0 Å². The summed E-state index contributed by atoms with van der Waals surface area (Å²) in [6.45, 7) is 0. The summed E-state index contributed by atoms with van der Waals surface area (Å²) in [5, 5.41) is 17.2. The fraction of sp³-hybridized carbons (Fsp3) is 0. The molecule has 23 heavy (non-hydrogen) atoms. The summed E-state index contributed by atoms with van der Waals surface area (Å²) in [6.07, 6.45) is 4.07. The molecular weight excluding hydrogens is 302 g/mol. The molecule has 0 unspecified atom stereocenters. The van der Waals surface area contributed by atoms with Crippen LogP contribution in [-0.4, -0.2) is 35.6 Å². The summed E-state index contributed by atoms with van der Waals surface area (Å²) in [4.78, 5) is 34.1. The average Bonchev–Trinajstić information content (AvgIpc) is 3.10. The van der Waals surface area contributed by atoms with E-state index < -0.39 is 10.8 Å². The van der Waals surface area contributed by atoms with Crippen molar-refractivity contribution in [2.75, 3.05) is 5.32 Å². The van der Waals surface area contributed by atoms with Gasteiger partial charge in [0, 0.05) is 23.8 Å². The first-order chi connectivity index (χ1) is 11.1. The normalized spacial score (nSPS) is 10.3. The van der Waals surface area contributed by atoms with Crippen LogP contribution in [0.25, 0.3) is 5.82 Å². The van der Waals surface area contributed by atoms with Crippen LogP contribution in [0.4, 0.5) is 11.5 Å². The lowest BCUT2D eigenvalue weighted by Gasteiger charge is -2.05. The van der Waals surface area contributed by atoms with Gasteiger partial charge in [-0.3, -0.25) is 14.9 Å². The smallest absolute Gasteiger partial charge is 0.270 e. The number of rotatable bonds is 4. The van der Waals surface area contributed by atoms with E-state index in [4.69, 9.17) is 0 Å². The highest BCUT2D eigenvalue weighted by Crippen LogP contribution is 2.15. The number of nitrogens with zero attached hydrogens (tertiary/aromatic N) is 6. The molecule has 0 fully saturated rings. The Morgan fingerprint density at radius 2 is 2.09 bits per heavy atom. The maximum atomic E-state index is 12.2. The van der Waals surface area contributed by atoms with Gasteiger partial charge in [0.15, 0.2) is 5.82 Å². The maximum Gasteiger partial charge on any atom is 0.270 e. The Labute approximate surface area is 129 Å². The molecule has 0 saturated carbocycles. The second kappa shape index (κ2) is 5.97. The Kier molecular flexibility index (Phi) is 3.70. The molecule has 0 bridgehead atoms. The quantitative estimate of drug-likeness (QED) is 0.566. The van der Waals surface area contributed by atoms with Crippen molar-refractivity contribution >= 4 is 17.4 Å². The molecule has 0 aliphatic heterocycles. The van der Waals surface area contributed by atoms with E-state index >= 15 is 0 Å². The van der Waals surface area contributed by atoms with Crippen molar-refractivity contribution in [3.63, 3.8) is 0 Å². The molecule has 0 spiro atoms. The second-order valence-electron chi connectivity index (χ2n) is 4.36. The molecule has 0 aliphatic rings. The van der Waals surface area contributed by atoms with Crippen molar-refractivity contribution in [3.8, 4) is 5.82 Å². The number of hydrogen-bond donors (Lipinski definition) is 1. The monoisotopic (exact) mass is 311 g/mol. The number of carbonyl (C=O) groups excluding carboxylic acids is 1. The highest BCUT2D eigenvalue weighted by atomic mass is 16.6. The number of non-ortho nitro benzene ring substituents is 1. The van der Waals surface area contributed by atoms with Crippen LogP contribution in [0.15, 0.2) is 49.3 Å². The third-order valence-electron chi connectivity index (χ3n) is 2.87. The van der Waals surface area contributed by atoms with Gasteiger partial charge in [-0.05, 0) is 6.07 Å². The van der Waals surface area contributed by atoms with Crippen molar-refractivity contribution in [3.05, 3.63) is 65.0 Å². The fourth-order valence-corrected chi connectivity index (χ4v) is 1.82. The van der Waals surface area contributed by atoms with Crippen LogP contribution in [-0.2, 0) is 0 Å². The SMILES string of the molecule is O=C(Nc1cc(-n2cncn2)ncn1)c1cccc([N+](=O)[O-])c1. The molecule has 0 aliphatic carbocycles. The summed E-state index contributed by atoms with van der Waals surface area (Å²) in [5.74, 6) is 0.144. The molecule has 10 heteroatoms. The number of anilines is 1. The Morgan fingerprint density at radius 1 is 1.22 bits per heavy atom. The van der Waals surface area contributed by atoms with Crippen LogP contribution < -0.4 is 5.32 Å². The standard InChI is InChI=1S/C13H9N7O3/c21-13(9-2-1-3-10(4-9)20(22)23)18-11-5-12(16-7-15-11)19-8-14-6-17-19/h1-8H,(H,15,16,18,21). The van der Waals surface area contributed by atoms with Crippen LogP contribution >= 0.6 is 0 Å². The van der Waals surface area contributed by atoms with E-state index in [1.54, 1.807) is 0 Å². The molecular formula is C13H9N7O3. The Hall–Kier alpha value is -3.69. The second-order valence-corrected chi connectivity index (χ2v) is 4.36. The fourth-order valence-electron chi connectivity index (χ4n) is 1.82. The lowest BCUT2D eigenvalue weighted by molar-refractivity contribution is -0.384. The highest BCUT2D eigenvalue weighted by molar-refractivity contribution is 6.04. The van der Waals surface area contributed by atoms with Gasteiger partial charge in [-0.15, -0.1) is 0 Å². The number of nitro benzene ring substituents is 1. The highest BCUT2D eigenvalue weighted by Gasteiger charge is 2.12. The molecule has 114 valence electrons. The Morgan fingerprint density at radius 3 is 2.83 bits per heavy atom. The maximum absolute atomic E-state index is 12.2. The third-order valence-corrected chi connectivity index (χ3v) is 2.87. The van der Waals surface area contributed by atoms with Crippen molar-refractivity contribution in [2.24, 2.45) is 0 Å². The molecule has 0 radical (unpaired) electrons. The van der Waals surface area contributed by atoms with E-state index in [1.807, 2.05) is 0 Å². The van der Waals surface area contributed by atoms with E-state index in [0.717, 1.165) is 0 Å². The molecule has 0 atom stereocenters. The van der Waals surface area contributed by atoms with E-state index in [0.29, 0.717) is 5.82 Å². The van der Waals surface area contributed by atoms with E-state index in [2.05, 4.69) is 25.4 Å². The van der Waals surface area contributed by atoms with Crippen LogP contribution in [0, 0.1) is 10.1 Å². The van der Waals surface area contributed by atoms with Gasteiger partial charge in [0.1, 0.15) is 24.8 Å². The van der Waals surface area contributed by atoms with Crippen molar-refractivity contribution in [1.29, 1.82) is 0 Å². The largest absolute Gasteiger partial charge is 0.306 e. The number of carbonyl (C=O) groups is 1. The average molecular weight is 311 g/mol. The van der Waals surface area contributed by atoms with Gasteiger partial charge in [0.2, 0.25) is 0 Å². The van der Waals surface area contributed by atoms with Gasteiger partial charge in [0.05, 0.1) is 4.92 Å². The minimum atomic E-state index is -0.565. The van der Waals surface area contributed by atoms with Gasteiger partial charge in [-0.25, -0.2) is 19.6 Å². The van der Waals surface area contributed by atoms with E-state index in [-0.39, 0.29) is 17.1 Å². The van der Waals surface area contributed by atoms with Gasteiger partial charge in [-0.1, -0.05) is 6.07 Å². The summed E-state index contributed by atoms with van der Waals surface area (Å²) >= 11 is 0. The molecule has 2 aromatic heterocycles. The molecule has 1 N–H and O–H groups in total. The van der Waals surface area contributed by atoms with Gasteiger partial charge < -0.3 is 5.32 Å². The summed E-state index contributed by atoms with van der Waals surface area (Å²) in [5.41, 5.74) is -0.0104. The van der Waals surface area contributed by atoms with Crippen LogP contribution in [0.5, 0.6) is 0 Å².